The van der Waals surface area contributed by atoms with Crippen LogP contribution in [0.1, 0.15) is 10.4 Å². The molecular weight excluding hydrogens is 356 g/mol. The van der Waals surface area contributed by atoms with Gasteiger partial charge in [-0.3, -0.25) is 4.72 Å². The molecule has 0 aliphatic heterocycles. The monoisotopic (exact) mass is 363 g/mol. The first-order chi connectivity index (χ1) is 10.2. The third kappa shape index (κ3) is 3.49. The van der Waals surface area contributed by atoms with Gasteiger partial charge in [0, 0.05) is 0 Å². The molecule has 0 unspecified atom stereocenters. The Morgan fingerprint density at radius 3 is 2.27 bits per heavy atom. The molecule has 0 atom stereocenters. The number of carboxylic acids is 1. The molecule has 0 fully saturated rings. The van der Waals surface area contributed by atoms with Gasteiger partial charge in [-0.15, -0.1) is 0 Å². The third-order valence-electron chi connectivity index (χ3n) is 2.64. The summed E-state index contributed by atoms with van der Waals surface area (Å²) in [6, 6.07) is 6.23. The lowest BCUT2D eigenvalue weighted by Crippen LogP contribution is -2.14. The van der Waals surface area contributed by atoms with E-state index in [2.05, 4.69) is 4.72 Å². The molecule has 22 heavy (non-hydrogen) atoms. The highest BCUT2D eigenvalue weighted by Crippen LogP contribution is 2.33. The summed E-state index contributed by atoms with van der Waals surface area (Å²) in [5.74, 6) is -1.88. The quantitative estimate of drug-likeness (QED) is 0.868. The molecule has 2 N–H and O–H groups in total. The first-order valence-corrected chi connectivity index (χ1v) is 7.95. The lowest BCUT2D eigenvalue weighted by Gasteiger charge is -2.11. The normalized spacial score (nSPS) is 11.2. The standard InChI is InChI=1S/C13H8Cl2FNO4S/c14-10-5-7(13(18)19)6-11(12(10)15)17-22(20,21)9-3-1-8(16)2-4-9/h1-6,17H,(H,18,19). The first-order valence-electron chi connectivity index (χ1n) is 5.71. The van der Waals surface area contributed by atoms with Gasteiger partial charge in [0.1, 0.15) is 5.82 Å². The molecule has 0 radical (unpaired) electrons. The molecule has 0 spiro atoms. The minimum absolute atomic E-state index is 0.113. The number of hydrogen-bond donors (Lipinski definition) is 2. The number of halogens is 3. The maximum Gasteiger partial charge on any atom is 0.335 e. The van der Waals surface area contributed by atoms with E-state index in [4.69, 9.17) is 28.3 Å². The fraction of sp³-hybridized carbons (Fsp3) is 0. The van der Waals surface area contributed by atoms with Crippen LogP contribution in [0.2, 0.25) is 10.0 Å². The van der Waals surface area contributed by atoms with Crippen LogP contribution in [0.3, 0.4) is 0 Å². The largest absolute Gasteiger partial charge is 0.478 e. The summed E-state index contributed by atoms with van der Waals surface area (Å²) in [4.78, 5) is 10.8. The number of sulfonamides is 1. The average Bonchev–Trinajstić information content (AvgIpc) is 2.43. The zero-order valence-electron chi connectivity index (χ0n) is 10.7. The molecule has 0 heterocycles. The lowest BCUT2D eigenvalue weighted by molar-refractivity contribution is 0.0697. The molecular formula is C13H8Cl2FNO4S. The molecule has 0 saturated carbocycles. The summed E-state index contributed by atoms with van der Waals surface area (Å²) in [6.07, 6.45) is 0. The van der Waals surface area contributed by atoms with E-state index < -0.39 is 21.8 Å². The summed E-state index contributed by atoms with van der Waals surface area (Å²) in [5.41, 5.74) is -0.415. The summed E-state index contributed by atoms with van der Waals surface area (Å²) >= 11 is 11.7. The Hall–Kier alpha value is -1.83. The molecule has 2 aromatic carbocycles. The van der Waals surface area contributed by atoms with Crippen molar-refractivity contribution in [2.24, 2.45) is 0 Å². The molecule has 0 aliphatic carbocycles. The highest BCUT2D eigenvalue weighted by molar-refractivity contribution is 7.92. The van der Waals surface area contributed by atoms with Crippen molar-refractivity contribution in [3.05, 3.63) is 57.8 Å². The highest BCUT2D eigenvalue weighted by atomic mass is 35.5. The minimum atomic E-state index is -4.06. The second kappa shape index (κ2) is 6.12. The van der Waals surface area contributed by atoms with Crippen molar-refractivity contribution >= 4 is 44.9 Å². The maximum absolute atomic E-state index is 12.8. The molecule has 2 rings (SSSR count). The van der Waals surface area contributed by atoms with Crippen LogP contribution in [-0.2, 0) is 10.0 Å². The summed E-state index contributed by atoms with van der Waals surface area (Å²) in [6.45, 7) is 0. The number of aromatic carboxylic acids is 1. The minimum Gasteiger partial charge on any atom is -0.478 e. The Morgan fingerprint density at radius 1 is 1.14 bits per heavy atom. The Kier molecular flexibility index (Phi) is 4.60. The predicted molar refractivity (Wildman–Crippen MR) is 80.6 cm³/mol. The van der Waals surface area contributed by atoms with Gasteiger partial charge in [0.15, 0.2) is 0 Å². The second-order valence-electron chi connectivity index (χ2n) is 4.18. The first kappa shape index (κ1) is 16.5. The number of nitrogens with one attached hydrogen (secondary N) is 1. The smallest absolute Gasteiger partial charge is 0.335 e. The van der Waals surface area contributed by atoms with Crippen molar-refractivity contribution in [2.75, 3.05) is 4.72 Å². The lowest BCUT2D eigenvalue weighted by atomic mass is 10.2. The van der Waals surface area contributed by atoms with E-state index in [-0.39, 0.29) is 26.2 Å². The maximum atomic E-state index is 12.8. The van der Waals surface area contributed by atoms with Crippen LogP contribution in [-0.4, -0.2) is 19.5 Å². The predicted octanol–water partition coefficient (Wildman–Crippen LogP) is 3.63. The summed E-state index contributed by atoms with van der Waals surface area (Å²) in [7, 11) is -4.06. The van der Waals surface area contributed by atoms with Crippen LogP contribution in [0, 0.1) is 5.82 Å². The SMILES string of the molecule is O=C(O)c1cc(Cl)c(Cl)c(NS(=O)(=O)c2ccc(F)cc2)c1. The van der Waals surface area contributed by atoms with Gasteiger partial charge in [0.2, 0.25) is 0 Å². The number of benzene rings is 2. The van der Waals surface area contributed by atoms with Crippen molar-refractivity contribution in [1.82, 2.24) is 0 Å². The van der Waals surface area contributed by atoms with E-state index in [1.165, 1.54) is 0 Å². The Bertz CT molecular complexity index is 838. The van der Waals surface area contributed by atoms with E-state index in [1.54, 1.807) is 0 Å². The average molecular weight is 364 g/mol. The topological polar surface area (TPSA) is 83.5 Å². The van der Waals surface area contributed by atoms with Crippen molar-refractivity contribution in [2.45, 2.75) is 4.90 Å². The van der Waals surface area contributed by atoms with Gasteiger partial charge < -0.3 is 5.11 Å². The van der Waals surface area contributed by atoms with Crippen molar-refractivity contribution < 1.29 is 22.7 Å². The van der Waals surface area contributed by atoms with E-state index in [9.17, 15) is 17.6 Å². The molecule has 2 aromatic rings. The molecule has 0 aromatic heterocycles. The molecule has 5 nitrogen and oxygen atoms in total. The van der Waals surface area contributed by atoms with Crippen LogP contribution >= 0.6 is 23.2 Å². The second-order valence-corrected chi connectivity index (χ2v) is 6.65. The molecule has 0 saturated heterocycles. The van der Waals surface area contributed by atoms with E-state index in [1.807, 2.05) is 0 Å². The van der Waals surface area contributed by atoms with Crippen molar-refractivity contribution in [3.8, 4) is 0 Å². The van der Waals surface area contributed by atoms with Gasteiger partial charge in [0.25, 0.3) is 10.0 Å². The van der Waals surface area contributed by atoms with Gasteiger partial charge in [-0.25, -0.2) is 17.6 Å². The van der Waals surface area contributed by atoms with Crippen LogP contribution in [0.15, 0.2) is 41.3 Å². The Morgan fingerprint density at radius 2 is 1.73 bits per heavy atom. The van der Waals surface area contributed by atoms with Gasteiger partial charge in [0.05, 0.1) is 26.2 Å². The third-order valence-corrected chi connectivity index (χ3v) is 4.83. The molecule has 9 heteroatoms. The van der Waals surface area contributed by atoms with Gasteiger partial charge in [-0.05, 0) is 36.4 Å². The highest BCUT2D eigenvalue weighted by Gasteiger charge is 2.19. The van der Waals surface area contributed by atoms with Gasteiger partial charge in [-0.2, -0.15) is 0 Å². The van der Waals surface area contributed by atoms with E-state index in [0.717, 1.165) is 36.4 Å². The summed E-state index contributed by atoms with van der Waals surface area (Å²) in [5, 5.41) is 8.70. The van der Waals surface area contributed by atoms with Crippen molar-refractivity contribution in [3.63, 3.8) is 0 Å². The van der Waals surface area contributed by atoms with Gasteiger partial charge in [-0.1, -0.05) is 23.2 Å². The number of hydrogen-bond acceptors (Lipinski definition) is 3. The molecule has 116 valence electrons. The Balaban J connectivity index is 2.45. The fourth-order valence-corrected chi connectivity index (χ4v) is 3.10. The van der Waals surface area contributed by atoms with E-state index >= 15 is 0 Å². The van der Waals surface area contributed by atoms with Crippen LogP contribution in [0.4, 0.5) is 10.1 Å². The molecule has 0 bridgehead atoms. The molecule has 0 amide bonds. The molecule has 0 aliphatic rings. The van der Waals surface area contributed by atoms with Crippen LogP contribution in [0.5, 0.6) is 0 Å². The number of anilines is 1. The summed E-state index contributed by atoms with van der Waals surface area (Å²) < 4.78 is 39.3. The zero-order chi connectivity index (χ0) is 16.5. The van der Waals surface area contributed by atoms with Crippen molar-refractivity contribution in [1.29, 1.82) is 0 Å². The van der Waals surface area contributed by atoms with Crippen LogP contribution in [0.25, 0.3) is 0 Å². The number of rotatable bonds is 4. The van der Waals surface area contributed by atoms with Gasteiger partial charge >= 0.3 is 5.97 Å². The number of carbonyl (C=O) groups is 1. The Labute approximate surface area is 135 Å². The zero-order valence-corrected chi connectivity index (χ0v) is 13.0. The fourth-order valence-electron chi connectivity index (χ4n) is 1.60. The number of carboxylic acid groups (broad SMARTS) is 1. The van der Waals surface area contributed by atoms with Crippen LogP contribution < -0.4 is 4.72 Å². The van der Waals surface area contributed by atoms with E-state index in [0.29, 0.717) is 0 Å².